The molecule has 0 heterocycles. The summed E-state index contributed by atoms with van der Waals surface area (Å²) in [7, 11) is 0. The molecule has 1 unspecified atom stereocenters. The van der Waals surface area contributed by atoms with Gasteiger partial charge in [-0.3, -0.25) is 0 Å². The predicted molar refractivity (Wildman–Crippen MR) is 68.7 cm³/mol. The van der Waals surface area contributed by atoms with Gasteiger partial charge in [-0.05, 0) is 45.2 Å². The molecule has 0 aliphatic heterocycles. The van der Waals surface area contributed by atoms with Gasteiger partial charge in [0.15, 0.2) is 0 Å². The van der Waals surface area contributed by atoms with Crippen molar-refractivity contribution < 1.29 is 4.74 Å². The number of hydrogen-bond acceptors (Lipinski definition) is 2. The molecule has 0 aromatic heterocycles. The molecule has 90 valence electrons. The molecule has 0 aliphatic rings. The van der Waals surface area contributed by atoms with E-state index in [1.54, 1.807) is 0 Å². The molecule has 1 atom stereocenters. The highest BCUT2D eigenvalue weighted by molar-refractivity contribution is 5.31. The van der Waals surface area contributed by atoms with Crippen LogP contribution in [0.1, 0.15) is 30.5 Å². The summed E-state index contributed by atoms with van der Waals surface area (Å²) in [6.45, 7) is 9.61. The SMILES string of the molecule is CCOCC(C)(N)Cc1cc(C)ccc1C. The molecule has 16 heavy (non-hydrogen) atoms. The van der Waals surface area contributed by atoms with Crippen molar-refractivity contribution >= 4 is 0 Å². The van der Waals surface area contributed by atoms with E-state index in [2.05, 4.69) is 32.0 Å². The molecule has 0 saturated heterocycles. The third-order valence-corrected chi connectivity index (χ3v) is 2.73. The first-order valence-corrected chi connectivity index (χ1v) is 5.87. The smallest absolute Gasteiger partial charge is 0.0646 e. The van der Waals surface area contributed by atoms with Gasteiger partial charge >= 0.3 is 0 Å². The van der Waals surface area contributed by atoms with Crippen LogP contribution in [0.5, 0.6) is 0 Å². The highest BCUT2D eigenvalue weighted by Crippen LogP contribution is 2.17. The van der Waals surface area contributed by atoms with E-state index in [0.717, 1.165) is 13.0 Å². The number of aryl methyl sites for hydroxylation is 2. The Hall–Kier alpha value is -0.860. The van der Waals surface area contributed by atoms with Gasteiger partial charge in [-0.1, -0.05) is 23.8 Å². The minimum Gasteiger partial charge on any atom is -0.380 e. The molecular weight excluding hydrogens is 198 g/mol. The maximum absolute atomic E-state index is 6.23. The molecule has 1 rings (SSSR count). The fourth-order valence-electron chi connectivity index (χ4n) is 1.81. The highest BCUT2D eigenvalue weighted by Gasteiger charge is 2.20. The molecule has 0 fully saturated rings. The molecule has 0 saturated carbocycles. The number of hydrogen-bond donors (Lipinski definition) is 1. The molecule has 2 heteroatoms. The number of benzene rings is 1. The Morgan fingerprint density at radius 2 is 2.00 bits per heavy atom. The van der Waals surface area contributed by atoms with Gasteiger partial charge in [0, 0.05) is 12.1 Å². The van der Waals surface area contributed by atoms with E-state index in [1.165, 1.54) is 16.7 Å². The van der Waals surface area contributed by atoms with Crippen molar-refractivity contribution in [1.29, 1.82) is 0 Å². The summed E-state index contributed by atoms with van der Waals surface area (Å²) in [6, 6.07) is 6.50. The first-order chi connectivity index (χ1) is 7.44. The molecule has 1 aromatic rings. The van der Waals surface area contributed by atoms with Gasteiger partial charge in [-0.25, -0.2) is 0 Å². The topological polar surface area (TPSA) is 35.2 Å². The van der Waals surface area contributed by atoms with Crippen molar-refractivity contribution in [2.24, 2.45) is 5.73 Å². The van der Waals surface area contributed by atoms with Gasteiger partial charge in [0.05, 0.1) is 6.61 Å². The zero-order valence-electron chi connectivity index (χ0n) is 10.8. The van der Waals surface area contributed by atoms with E-state index in [1.807, 2.05) is 13.8 Å². The first-order valence-electron chi connectivity index (χ1n) is 5.87. The molecule has 0 spiro atoms. The molecule has 2 N–H and O–H groups in total. The summed E-state index contributed by atoms with van der Waals surface area (Å²) in [6.07, 6.45) is 0.862. The van der Waals surface area contributed by atoms with Crippen LogP contribution >= 0.6 is 0 Å². The lowest BCUT2D eigenvalue weighted by atomic mass is 9.91. The van der Waals surface area contributed by atoms with E-state index >= 15 is 0 Å². The predicted octanol–water partition coefficient (Wildman–Crippen LogP) is 2.60. The summed E-state index contributed by atoms with van der Waals surface area (Å²) in [4.78, 5) is 0. The van der Waals surface area contributed by atoms with Crippen LogP contribution in [0.15, 0.2) is 18.2 Å². The Balaban J connectivity index is 2.74. The first kappa shape index (κ1) is 13.2. The average Bonchev–Trinajstić information content (AvgIpc) is 2.20. The van der Waals surface area contributed by atoms with Crippen LogP contribution in [0.25, 0.3) is 0 Å². The van der Waals surface area contributed by atoms with E-state index in [-0.39, 0.29) is 5.54 Å². The average molecular weight is 221 g/mol. The van der Waals surface area contributed by atoms with Crippen molar-refractivity contribution in [2.75, 3.05) is 13.2 Å². The number of nitrogens with two attached hydrogens (primary N) is 1. The van der Waals surface area contributed by atoms with Gasteiger partial charge in [-0.15, -0.1) is 0 Å². The van der Waals surface area contributed by atoms with Gasteiger partial charge in [-0.2, -0.15) is 0 Å². The van der Waals surface area contributed by atoms with Crippen LogP contribution in [-0.4, -0.2) is 18.8 Å². The maximum Gasteiger partial charge on any atom is 0.0646 e. The van der Waals surface area contributed by atoms with Gasteiger partial charge < -0.3 is 10.5 Å². The maximum atomic E-state index is 6.23. The van der Waals surface area contributed by atoms with Crippen molar-refractivity contribution in [3.63, 3.8) is 0 Å². The third-order valence-electron chi connectivity index (χ3n) is 2.73. The zero-order chi connectivity index (χ0) is 12.2. The molecular formula is C14H23NO. The molecule has 0 aliphatic carbocycles. The fourth-order valence-corrected chi connectivity index (χ4v) is 1.81. The quantitative estimate of drug-likeness (QED) is 0.829. The molecule has 0 bridgehead atoms. The zero-order valence-corrected chi connectivity index (χ0v) is 10.8. The monoisotopic (exact) mass is 221 g/mol. The van der Waals surface area contributed by atoms with E-state index in [9.17, 15) is 0 Å². The summed E-state index contributed by atoms with van der Waals surface area (Å²) < 4.78 is 5.42. The normalized spacial score (nSPS) is 14.8. The Morgan fingerprint density at radius 3 is 2.62 bits per heavy atom. The van der Waals surface area contributed by atoms with E-state index in [0.29, 0.717) is 6.61 Å². The minimum atomic E-state index is -0.283. The highest BCUT2D eigenvalue weighted by atomic mass is 16.5. The molecule has 0 amide bonds. The second-order valence-corrected chi connectivity index (χ2v) is 4.90. The Kier molecular flexibility index (Phi) is 4.51. The molecule has 0 radical (unpaired) electrons. The third kappa shape index (κ3) is 3.95. The lowest BCUT2D eigenvalue weighted by molar-refractivity contribution is 0.101. The number of ether oxygens (including phenoxy) is 1. The van der Waals surface area contributed by atoms with Crippen LogP contribution in [-0.2, 0) is 11.2 Å². The van der Waals surface area contributed by atoms with Crippen molar-refractivity contribution in [3.05, 3.63) is 34.9 Å². The van der Waals surface area contributed by atoms with Gasteiger partial charge in [0.1, 0.15) is 0 Å². The van der Waals surface area contributed by atoms with Gasteiger partial charge in [0.2, 0.25) is 0 Å². The Labute approximate surface area is 98.8 Å². The summed E-state index contributed by atoms with van der Waals surface area (Å²) in [5.41, 5.74) is 9.86. The Bertz CT molecular complexity index is 345. The van der Waals surface area contributed by atoms with Crippen molar-refractivity contribution in [3.8, 4) is 0 Å². The van der Waals surface area contributed by atoms with Crippen molar-refractivity contribution in [2.45, 2.75) is 39.7 Å². The second-order valence-electron chi connectivity index (χ2n) is 4.90. The van der Waals surface area contributed by atoms with Crippen LogP contribution in [0.3, 0.4) is 0 Å². The fraction of sp³-hybridized carbons (Fsp3) is 0.571. The van der Waals surface area contributed by atoms with Crippen LogP contribution in [0.2, 0.25) is 0 Å². The summed E-state index contributed by atoms with van der Waals surface area (Å²) in [5.74, 6) is 0. The second kappa shape index (κ2) is 5.46. The summed E-state index contributed by atoms with van der Waals surface area (Å²) in [5, 5.41) is 0. The Morgan fingerprint density at radius 1 is 1.31 bits per heavy atom. The van der Waals surface area contributed by atoms with E-state index in [4.69, 9.17) is 10.5 Å². The largest absolute Gasteiger partial charge is 0.380 e. The minimum absolute atomic E-state index is 0.283. The van der Waals surface area contributed by atoms with Crippen molar-refractivity contribution in [1.82, 2.24) is 0 Å². The molecule has 1 aromatic carbocycles. The van der Waals surface area contributed by atoms with Crippen LogP contribution in [0, 0.1) is 13.8 Å². The lowest BCUT2D eigenvalue weighted by Crippen LogP contribution is -2.43. The standard InChI is InChI=1S/C14H23NO/c1-5-16-10-14(4,15)9-13-8-11(2)6-7-12(13)3/h6-8H,5,9-10,15H2,1-4H3. The number of rotatable bonds is 5. The van der Waals surface area contributed by atoms with Crippen LogP contribution < -0.4 is 5.73 Å². The van der Waals surface area contributed by atoms with E-state index < -0.39 is 0 Å². The van der Waals surface area contributed by atoms with Crippen LogP contribution in [0.4, 0.5) is 0 Å². The lowest BCUT2D eigenvalue weighted by Gasteiger charge is -2.25. The van der Waals surface area contributed by atoms with Gasteiger partial charge in [0.25, 0.3) is 0 Å². The molecule has 2 nitrogen and oxygen atoms in total. The summed E-state index contributed by atoms with van der Waals surface area (Å²) >= 11 is 0.